The lowest BCUT2D eigenvalue weighted by Gasteiger charge is -2.27. The summed E-state index contributed by atoms with van der Waals surface area (Å²) in [6.07, 6.45) is 2.48. The van der Waals surface area contributed by atoms with E-state index in [1.54, 1.807) is 30.0 Å². The number of nitrogens with two attached hydrogens (primary N) is 1. The fraction of sp³-hybridized carbons (Fsp3) is 0.394. The molecule has 2 heterocycles. The van der Waals surface area contributed by atoms with E-state index in [0.29, 0.717) is 31.9 Å². The standard InChI is InChI=1S/C33H40FN5O4/c1-3-43-21-26-11-8-18-39(26)33(42)29-13-7-12-28(37-29)32(41)38-30(20-23-9-5-4-6-10-23)27(35)19-22(2)31(40)36-25-16-14-24(34)15-17-25/h4-7,9-10,12-17,22,26-27,30H,3,8,11,18-21,35H2,1-2H3,(H,36,40)(H,38,41)/t22-,26-,27+,30+/m1/s1. The number of amides is 3. The maximum atomic E-state index is 13.5. The van der Waals surface area contributed by atoms with Gasteiger partial charge in [-0.2, -0.15) is 0 Å². The minimum absolute atomic E-state index is 0.0118. The maximum Gasteiger partial charge on any atom is 0.272 e. The fourth-order valence-corrected chi connectivity index (χ4v) is 5.26. The number of aromatic nitrogens is 1. The minimum atomic E-state index is -0.577. The molecule has 0 aliphatic carbocycles. The van der Waals surface area contributed by atoms with Crippen LogP contribution >= 0.6 is 0 Å². The Labute approximate surface area is 252 Å². The lowest BCUT2D eigenvalue weighted by atomic mass is 9.92. The molecule has 228 valence electrons. The normalized spacial score (nSPS) is 16.7. The molecule has 3 aromatic rings. The number of hydrogen-bond acceptors (Lipinski definition) is 6. The quantitative estimate of drug-likeness (QED) is 0.274. The van der Waals surface area contributed by atoms with Gasteiger partial charge in [0, 0.05) is 36.8 Å². The van der Waals surface area contributed by atoms with Crippen LogP contribution in [0.15, 0.2) is 72.8 Å². The Bertz CT molecular complexity index is 1370. The van der Waals surface area contributed by atoms with Crippen LogP contribution in [0.2, 0.25) is 0 Å². The van der Waals surface area contributed by atoms with Gasteiger partial charge in [-0.15, -0.1) is 0 Å². The summed E-state index contributed by atoms with van der Waals surface area (Å²) >= 11 is 0. The van der Waals surface area contributed by atoms with Gasteiger partial charge in [-0.25, -0.2) is 9.37 Å². The molecule has 4 rings (SSSR count). The molecule has 1 aliphatic rings. The zero-order valence-corrected chi connectivity index (χ0v) is 24.7. The van der Waals surface area contributed by atoms with Gasteiger partial charge in [-0.1, -0.05) is 43.3 Å². The van der Waals surface area contributed by atoms with Crippen molar-refractivity contribution in [2.24, 2.45) is 11.7 Å². The van der Waals surface area contributed by atoms with Crippen molar-refractivity contribution in [1.29, 1.82) is 0 Å². The van der Waals surface area contributed by atoms with E-state index in [-0.39, 0.29) is 35.7 Å². The Morgan fingerprint density at radius 1 is 1.05 bits per heavy atom. The second-order valence-corrected chi connectivity index (χ2v) is 10.9. The highest BCUT2D eigenvalue weighted by atomic mass is 19.1. The topological polar surface area (TPSA) is 127 Å². The number of ether oxygens (including phenoxy) is 1. The van der Waals surface area contributed by atoms with Gasteiger partial charge in [0.1, 0.15) is 17.2 Å². The smallest absolute Gasteiger partial charge is 0.272 e. The van der Waals surface area contributed by atoms with Gasteiger partial charge in [0.25, 0.3) is 11.8 Å². The number of hydrogen-bond donors (Lipinski definition) is 3. The molecule has 43 heavy (non-hydrogen) atoms. The first-order valence-corrected chi connectivity index (χ1v) is 14.8. The molecule has 9 nitrogen and oxygen atoms in total. The molecule has 4 atom stereocenters. The minimum Gasteiger partial charge on any atom is -0.380 e. The Kier molecular flexibility index (Phi) is 11.4. The van der Waals surface area contributed by atoms with Crippen molar-refractivity contribution in [3.8, 4) is 0 Å². The van der Waals surface area contributed by atoms with E-state index in [1.165, 1.54) is 24.3 Å². The molecule has 1 saturated heterocycles. The molecular weight excluding hydrogens is 549 g/mol. The summed E-state index contributed by atoms with van der Waals surface area (Å²) in [5.74, 6) is -1.82. The zero-order valence-electron chi connectivity index (χ0n) is 24.7. The molecule has 3 amide bonds. The summed E-state index contributed by atoms with van der Waals surface area (Å²) in [4.78, 5) is 45.8. The number of carbonyl (C=O) groups is 3. The van der Waals surface area contributed by atoms with Crippen LogP contribution in [0.4, 0.5) is 10.1 Å². The third-order valence-corrected chi connectivity index (χ3v) is 7.67. The summed E-state index contributed by atoms with van der Waals surface area (Å²) < 4.78 is 18.8. The molecule has 1 aliphatic heterocycles. The molecule has 0 bridgehead atoms. The van der Waals surface area contributed by atoms with E-state index in [9.17, 15) is 18.8 Å². The van der Waals surface area contributed by atoms with Crippen molar-refractivity contribution < 1.29 is 23.5 Å². The predicted molar refractivity (Wildman–Crippen MR) is 163 cm³/mol. The number of halogens is 1. The summed E-state index contributed by atoms with van der Waals surface area (Å²) in [5, 5.41) is 5.79. The number of benzene rings is 2. The van der Waals surface area contributed by atoms with Crippen molar-refractivity contribution in [3.63, 3.8) is 0 Å². The monoisotopic (exact) mass is 589 g/mol. The van der Waals surface area contributed by atoms with Crippen LogP contribution in [0.3, 0.4) is 0 Å². The fourth-order valence-electron chi connectivity index (χ4n) is 5.26. The van der Waals surface area contributed by atoms with Gasteiger partial charge in [-0.3, -0.25) is 14.4 Å². The molecule has 4 N–H and O–H groups in total. The first-order valence-electron chi connectivity index (χ1n) is 14.8. The highest BCUT2D eigenvalue weighted by Gasteiger charge is 2.31. The van der Waals surface area contributed by atoms with Crippen LogP contribution in [-0.4, -0.2) is 65.5 Å². The zero-order chi connectivity index (χ0) is 30.8. The lowest BCUT2D eigenvalue weighted by molar-refractivity contribution is -0.119. The molecule has 2 aromatic carbocycles. The third kappa shape index (κ3) is 8.92. The SMILES string of the molecule is CCOC[C@H]1CCCN1C(=O)c1cccc(C(=O)N[C@@H](Cc2ccccc2)[C@@H](N)C[C@@H](C)C(=O)Nc2ccc(F)cc2)n1. The molecule has 0 spiro atoms. The van der Waals surface area contributed by atoms with E-state index < -0.39 is 29.7 Å². The van der Waals surface area contributed by atoms with Gasteiger partial charge in [0.05, 0.1) is 12.6 Å². The number of nitrogens with one attached hydrogen (secondary N) is 2. The summed E-state index contributed by atoms with van der Waals surface area (Å²) in [6.45, 7) is 5.35. The van der Waals surface area contributed by atoms with Crippen LogP contribution in [-0.2, 0) is 16.0 Å². The van der Waals surface area contributed by atoms with Crippen molar-refractivity contribution >= 4 is 23.4 Å². The second kappa shape index (κ2) is 15.4. The molecule has 1 fully saturated rings. The summed E-state index contributed by atoms with van der Waals surface area (Å²) in [7, 11) is 0. The van der Waals surface area contributed by atoms with Crippen LogP contribution in [0.5, 0.6) is 0 Å². The van der Waals surface area contributed by atoms with Crippen molar-refractivity contribution in [2.45, 2.75) is 57.7 Å². The van der Waals surface area contributed by atoms with E-state index in [2.05, 4.69) is 15.6 Å². The van der Waals surface area contributed by atoms with Crippen molar-refractivity contribution in [2.75, 3.05) is 25.1 Å². The van der Waals surface area contributed by atoms with Gasteiger partial charge < -0.3 is 26.0 Å². The Morgan fingerprint density at radius 2 is 1.77 bits per heavy atom. The highest BCUT2D eigenvalue weighted by molar-refractivity contribution is 5.96. The number of anilines is 1. The lowest BCUT2D eigenvalue weighted by Crippen LogP contribution is -2.50. The van der Waals surface area contributed by atoms with E-state index in [1.807, 2.05) is 37.3 Å². The molecule has 0 unspecified atom stereocenters. The first-order chi connectivity index (χ1) is 20.7. The highest BCUT2D eigenvalue weighted by Crippen LogP contribution is 2.21. The number of nitrogens with zero attached hydrogens (tertiary/aromatic N) is 2. The Hall–Kier alpha value is -4.15. The number of likely N-dealkylation sites (tertiary alicyclic amines) is 1. The van der Waals surface area contributed by atoms with Crippen LogP contribution in [0.25, 0.3) is 0 Å². The molecule has 1 aromatic heterocycles. The molecule has 10 heteroatoms. The largest absolute Gasteiger partial charge is 0.380 e. The number of pyridine rings is 1. The Balaban J connectivity index is 1.45. The van der Waals surface area contributed by atoms with Gasteiger partial charge in [0.2, 0.25) is 5.91 Å². The molecular formula is C33H40FN5O4. The second-order valence-electron chi connectivity index (χ2n) is 10.9. The van der Waals surface area contributed by atoms with Crippen molar-refractivity contribution in [1.82, 2.24) is 15.2 Å². The third-order valence-electron chi connectivity index (χ3n) is 7.67. The van der Waals surface area contributed by atoms with Gasteiger partial charge in [-0.05, 0) is 74.6 Å². The van der Waals surface area contributed by atoms with Gasteiger partial charge >= 0.3 is 0 Å². The maximum absolute atomic E-state index is 13.5. The van der Waals surface area contributed by atoms with Crippen molar-refractivity contribution in [3.05, 3.63) is 95.6 Å². The van der Waals surface area contributed by atoms with E-state index in [4.69, 9.17) is 10.5 Å². The molecule has 0 radical (unpaired) electrons. The number of carbonyl (C=O) groups excluding carboxylic acids is 3. The predicted octanol–water partition coefficient (Wildman–Crippen LogP) is 4.20. The van der Waals surface area contributed by atoms with Gasteiger partial charge in [0.15, 0.2) is 0 Å². The van der Waals surface area contributed by atoms with E-state index in [0.717, 1.165) is 18.4 Å². The van der Waals surface area contributed by atoms with Crippen LogP contribution < -0.4 is 16.4 Å². The van der Waals surface area contributed by atoms with Crippen LogP contribution in [0, 0.1) is 11.7 Å². The number of rotatable bonds is 13. The van der Waals surface area contributed by atoms with Crippen LogP contribution in [0.1, 0.15) is 59.7 Å². The average molecular weight is 590 g/mol. The first kappa shape index (κ1) is 31.8. The molecule has 0 saturated carbocycles. The Morgan fingerprint density at radius 3 is 2.49 bits per heavy atom. The summed E-state index contributed by atoms with van der Waals surface area (Å²) in [6, 6.07) is 18.9. The summed E-state index contributed by atoms with van der Waals surface area (Å²) in [5.41, 5.74) is 8.39. The average Bonchev–Trinajstić information content (AvgIpc) is 3.49. The van der Waals surface area contributed by atoms with E-state index >= 15 is 0 Å².